The SMILES string of the molecule is COc1ccc(Cl)cc1CC(=O)c1ccc(Cl)c(Br)c1. The lowest BCUT2D eigenvalue weighted by molar-refractivity contribution is 0.0992. The van der Waals surface area contributed by atoms with Crippen molar-refractivity contribution in [3.05, 3.63) is 62.0 Å². The van der Waals surface area contributed by atoms with E-state index in [9.17, 15) is 4.79 Å². The Balaban J connectivity index is 2.27. The van der Waals surface area contributed by atoms with Gasteiger partial charge in [-0.2, -0.15) is 0 Å². The number of ether oxygens (including phenoxy) is 1. The normalized spacial score (nSPS) is 10.4. The van der Waals surface area contributed by atoms with Crippen LogP contribution in [-0.2, 0) is 6.42 Å². The van der Waals surface area contributed by atoms with Gasteiger partial charge in [-0.3, -0.25) is 4.79 Å². The molecule has 0 saturated carbocycles. The molecular formula is C15H11BrCl2O2. The van der Waals surface area contributed by atoms with E-state index < -0.39 is 0 Å². The number of hydrogen-bond acceptors (Lipinski definition) is 2. The number of rotatable bonds is 4. The van der Waals surface area contributed by atoms with Crippen LogP contribution in [0.4, 0.5) is 0 Å². The number of ketones is 1. The predicted octanol–water partition coefficient (Wildman–Crippen LogP) is 5.19. The molecule has 0 aromatic heterocycles. The first-order valence-corrected chi connectivity index (χ1v) is 7.37. The third-order valence-corrected chi connectivity index (χ3v) is 4.28. The lowest BCUT2D eigenvalue weighted by Gasteiger charge is -2.09. The number of benzene rings is 2. The zero-order valence-corrected chi connectivity index (χ0v) is 13.7. The summed E-state index contributed by atoms with van der Waals surface area (Å²) in [6.45, 7) is 0. The third kappa shape index (κ3) is 3.54. The minimum Gasteiger partial charge on any atom is -0.496 e. The van der Waals surface area contributed by atoms with Crippen LogP contribution in [-0.4, -0.2) is 12.9 Å². The van der Waals surface area contributed by atoms with Gasteiger partial charge < -0.3 is 4.74 Å². The quantitative estimate of drug-likeness (QED) is 0.689. The average Bonchev–Trinajstić information content (AvgIpc) is 2.42. The summed E-state index contributed by atoms with van der Waals surface area (Å²) in [5.74, 6) is 0.624. The van der Waals surface area contributed by atoms with E-state index in [1.54, 1.807) is 43.5 Å². The van der Waals surface area contributed by atoms with Gasteiger partial charge in [0.25, 0.3) is 0 Å². The number of hydrogen-bond donors (Lipinski definition) is 0. The Morgan fingerprint density at radius 1 is 1.20 bits per heavy atom. The molecule has 0 atom stereocenters. The van der Waals surface area contributed by atoms with Crippen LogP contribution in [0, 0.1) is 0 Å². The molecule has 2 aromatic rings. The largest absolute Gasteiger partial charge is 0.496 e. The van der Waals surface area contributed by atoms with Crippen molar-refractivity contribution in [3.8, 4) is 5.75 Å². The zero-order valence-electron chi connectivity index (χ0n) is 10.6. The van der Waals surface area contributed by atoms with Crippen LogP contribution < -0.4 is 4.74 Å². The topological polar surface area (TPSA) is 26.3 Å². The van der Waals surface area contributed by atoms with E-state index in [-0.39, 0.29) is 12.2 Å². The van der Waals surface area contributed by atoms with Gasteiger partial charge in [-0.1, -0.05) is 23.2 Å². The maximum absolute atomic E-state index is 12.3. The maximum atomic E-state index is 12.3. The second kappa shape index (κ2) is 6.61. The molecule has 20 heavy (non-hydrogen) atoms. The molecule has 0 aliphatic carbocycles. The lowest BCUT2D eigenvalue weighted by atomic mass is 10.0. The summed E-state index contributed by atoms with van der Waals surface area (Å²) in [5.41, 5.74) is 1.35. The van der Waals surface area contributed by atoms with Crippen molar-refractivity contribution in [1.82, 2.24) is 0 Å². The van der Waals surface area contributed by atoms with Gasteiger partial charge in [-0.05, 0) is 52.3 Å². The molecule has 0 N–H and O–H groups in total. The van der Waals surface area contributed by atoms with Crippen molar-refractivity contribution in [2.24, 2.45) is 0 Å². The summed E-state index contributed by atoms with van der Waals surface area (Å²) in [7, 11) is 1.57. The van der Waals surface area contributed by atoms with Gasteiger partial charge >= 0.3 is 0 Å². The van der Waals surface area contributed by atoms with Crippen molar-refractivity contribution in [2.75, 3.05) is 7.11 Å². The molecule has 0 radical (unpaired) electrons. The van der Waals surface area contributed by atoms with E-state index in [0.29, 0.717) is 25.8 Å². The Bertz CT molecular complexity index is 656. The summed E-state index contributed by atoms with van der Waals surface area (Å²) in [6.07, 6.45) is 0.220. The van der Waals surface area contributed by atoms with Crippen molar-refractivity contribution in [2.45, 2.75) is 6.42 Å². The van der Waals surface area contributed by atoms with E-state index in [1.165, 1.54) is 0 Å². The fourth-order valence-electron chi connectivity index (χ4n) is 1.83. The van der Waals surface area contributed by atoms with Crippen LogP contribution in [0.3, 0.4) is 0 Å². The zero-order chi connectivity index (χ0) is 14.7. The van der Waals surface area contributed by atoms with Crippen LogP contribution in [0.1, 0.15) is 15.9 Å². The van der Waals surface area contributed by atoms with Crippen LogP contribution in [0.15, 0.2) is 40.9 Å². The highest BCUT2D eigenvalue weighted by atomic mass is 79.9. The van der Waals surface area contributed by atoms with Crippen LogP contribution in [0.25, 0.3) is 0 Å². The van der Waals surface area contributed by atoms with E-state index in [1.807, 2.05) is 0 Å². The molecule has 104 valence electrons. The second-order valence-electron chi connectivity index (χ2n) is 4.19. The van der Waals surface area contributed by atoms with Gasteiger partial charge in [0.1, 0.15) is 5.75 Å². The standard InChI is InChI=1S/C15H11BrCl2O2/c1-20-15-5-3-11(17)6-10(15)8-14(19)9-2-4-13(18)12(16)7-9/h2-7H,8H2,1H3. The first kappa shape index (κ1) is 15.4. The number of carbonyl (C=O) groups is 1. The Labute approximate surface area is 135 Å². The van der Waals surface area contributed by atoms with Crippen LogP contribution in [0.2, 0.25) is 10.0 Å². The highest BCUT2D eigenvalue weighted by molar-refractivity contribution is 9.10. The van der Waals surface area contributed by atoms with Gasteiger partial charge in [-0.15, -0.1) is 0 Å². The Morgan fingerprint density at radius 3 is 2.60 bits per heavy atom. The van der Waals surface area contributed by atoms with Gasteiger partial charge in [-0.25, -0.2) is 0 Å². The minimum atomic E-state index is -0.0251. The molecule has 0 unspecified atom stereocenters. The maximum Gasteiger partial charge on any atom is 0.167 e. The molecule has 2 nitrogen and oxygen atoms in total. The van der Waals surface area contributed by atoms with Crippen molar-refractivity contribution < 1.29 is 9.53 Å². The molecular weight excluding hydrogens is 363 g/mol. The summed E-state index contributed by atoms with van der Waals surface area (Å²) < 4.78 is 5.94. The number of methoxy groups -OCH3 is 1. The highest BCUT2D eigenvalue weighted by Gasteiger charge is 2.12. The summed E-state index contributed by atoms with van der Waals surface area (Å²) in [5, 5.41) is 1.15. The summed E-state index contributed by atoms with van der Waals surface area (Å²) >= 11 is 15.2. The molecule has 0 bridgehead atoms. The van der Waals surface area contributed by atoms with Crippen molar-refractivity contribution in [3.63, 3.8) is 0 Å². The van der Waals surface area contributed by atoms with Crippen LogP contribution in [0.5, 0.6) is 5.75 Å². The molecule has 0 amide bonds. The van der Waals surface area contributed by atoms with E-state index in [2.05, 4.69) is 15.9 Å². The van der Waals surface area contributed by atoms with E-state index in [0.717, 1.165) is 5.56 Å². The van der Waals surface area contributed by atoms with Gasteiger partial charge in [0, 0.05) is 27.0 Å². The van der Waals surface area contributed by atoms with Gasteiger partial charge in [0.15, 0.2) is 5.78 Å². The Morgan fingerprint density at radius 2 is 1.95 bits per heavy atom. The summed E-state index contributed by atoms with van der Waals surface area (Å²) in [6, 6.07) is 10.3. The van der Waals surface area contributed by atoms with E-state index in [4.69, 9.17) is 27.9 Å². The monoisotopic (exact) mass is 372 g/mol. The molecule has 2 rings (SSSR count). The number of carbonyl (C=O) groups excluding carboxylic acids is 1. The van der Waals surface area contributed by atoms with Gasteiger partial charge in [0.2, 0.25) is 0 Å². The molecule has 0 spiro atoms. The van der Waals surface area contributed by atoms with Crippen LogP contribution >= 0.6 is 39.1 Å². The minimum absolute atomic E-state index is 0.0251. The molecule has 0 aliphatic rings. The molecule has 0 fully saturated rings. The fourth-order valence-corrected chi connectivity index (χ4v) is 2.52. The first-order valence-electron chi connectivity index (χ1n) is 5.82. The second-order valence-corrected chi connectivity index (χ2v) is 5.88. The molecule has 2 aromatic carbocycles. The number of Topliss-reactive ketones (excluding diaryl/α,β-unsaturated/α-hetero) is 1. The predicted molar refractivity (Wildman–Crippen MR) is 85.2 cm³/mol. The molecule has 0 heterocycles. The molecule has 0 saturated heterocycles. The van der Waals surface area contributed by atoms with E-state index >= 15 is 0 Å². The molecule has 0 aliphatic heterocycles. The van der Waals surface area contributed by atoms with Crippen molar-refractivity contribution >= 4 is 44.9 Å². The highest BCUT2D eigenvalue weighted by Crippen LogP contribution is 2.26. The van der Waals surface area contributed by atoms with Gasteiger partial charge in [0.05, 0.1) is 12.1 Å². The number of halogens is 3. The first-order chi connectivity index (χ1) is 9.51. The third-order valence-electron chi connectivity index (χ3n) is 2.84. The molecule has 5 heteroatoms. The average molecular weight is 374 g/mol. The fraction of sp³-hybridized carbons (Fsp3) is 0.133. The Kier molecular flexibility index (Phi) is 5.08. The Hall–Kier alpha value is -1.03. The lowest BCUT2D eigenvalue weighted by Crippen LogP contribution is -2.05. The smallest absolute Gasteiger partial charge is 0.167 e. The summed E-state index contributed by atoms with van der Waals surface area (Å²) in [4.78, 5) is 12.3. The van der Waals surface area contributed by atoms with Crippen molar-refractivity contribution in [1.29, 1.82) is 0 Å².